The number of halogens is 3. The number of nitrogens with zero attached hydrogens (tertiary/aromatic N) is 2. The van der Waals surface area contributed by atoms with Crippen molar-refractivity contribution in [1.82, 2.24) is 4.90 Å². The molecule has 0 N–H and O–H groups in total. The third kappa shape index (κ3) is 3.70. The monoisotopic (exact) mass is 248 g/mol. The fourth-order valence-electron chi connectivity index (χ4n) is 1.32. The number of hydrogen-bond acceptors (Lipinski definition) is 3. The minimum atomic E-state index is -4.39. The molecule has 0 amide bonds. The lowest BCUT2D eigenvalue weighted by Gasteiger charge is -2.22. The Kier molecular flexibility index (Phi) is 4.06. The zero-order chi connectivity index (χ0) is 13.1. The minimum absolute atomic E-state index is 0.135. The zero-order valence-electron chi connectivity index (χ0n) is 9.07. The van der Waals surface area contributed by atoms with E-state index in [1.54, 1.807) is 0 Å². The number of nitro benzene ring substituents is 1. The van der Waals surface area contributed by atoms with Crippen molar-refractivity contribution in [3.8, 4) is 0 Å². The molecule has 0 aromatic heterocycles. The van der Waals surface area contributed by atoms with Crippen molar-refractivity contribution in [2.45, 2.75) is 19.8 Å². The molecule has 1 aromatic rings. The zero-order valence-corrected chi connectivity index (χ0v) is 9.07. The Morgan fingerprint density at radius 2 is 1.82 bits per heavy atom. The molecule has 0 unspecified atom stereocenters. The number of rotatable bonds is 4. The molecule has 0 spiro atoms. The first kappa shape index (κ1) is 13.4. The summed E-state index contributed by atoms with van der Waals surface area (Å²) in [5.41, 5.74) is 0.249. The van der Waals surface area contributed by atoms with E-state index in [4.69, 9.17) is 0 Å². The average molecular weight is 248 g/mol. The van der Waals surface area contributed by atoms with E-state index in [9.17, 15) is 23.3 Å². The molecule has 17 heavy (non-hydrogen) atoms. The van der Waals surface area contributed by atoms with E-state index in [2.05, 4.69) is 0 Å². The van der Waals surface area contributed by atoms with E-state index < -0.39 is 11.2 Å². The summed E-state index contributed by atoms with van der Waals surface area (Å²) in [6.45, 7) is 0.928. The van der Waals surface area contributed by atoms with Gasteiger partial charge in [0.1, 0.15) is 0 Å². The lowest BCUT2D eigenvalue weighted by atomic mass is 10.2. The molecule has 7 heteroatoms. The number of alkyl halides is 3. The Morgan fingerprint density at radius 3 is 2.18 bits per heavy atom. The van der Waals surface area contributed by atoms with Gasteiger partial charge in [-0.05, 0) is 5.56 Å². The first-order valence-electron chi connectivity index (χ1n) is 4.89. The summed E-state index contributed by atoms with van der Waals surface area (Å²) in [5, 5.41) is 10.4. The van der Waals surface area contributed by atoms with Crippen LogP contribution in [0.25, 0.3) is 0 Å². The van der Waals surface area contributed by atoms with Gasteiger partial charge in [0.05, 0.1) is 4.92 Å². The summed E-state index contributed by atoms with van der Waals surface area (Å²) in [5.74, 6) is 0. The van der Waals surface area contributed by atoms with Gasteiger partial charge >= 0.3 is 6.30 Å². The molecular weight excluding hydrogens is 237 g/mol. The maximum absolute atomic E-state index is 12.4. The molecule has 1 aromatic carbocycles. The van der Waals surface area contributed by atoms with E-state index in [0.29, 0.717) is 10.5 Å². The van der Waals surface area contributed by atoms with Crippen molar-refractivity contribution in [2.24, 2.45) is 0 Å². The van der Waals surface area contributed by atoms with Crippen LogP contribution in [-0.2, 0) is 6.54 Å². The fraction of sp³-hybridized carbons (Fsp3) is 0.400. The number of benzene rings is 1. The number of hydrogen-bond donors (Lipinski definition) is 0. The molecule has 0 heterocycles. The first-order valence-corrected chi connectivity index (χ1v) is 4.89. The van der Waals surface area contributed by atoms with Gasteiger partial charge in [0.15, 0.2) is 0 Å². The van der Waals surface area contributed by atoms with Crippen molar-refractivity contribution >= 4 is 5.69 Å². The highest BCUT2D eigenvalue weighted by molar-refractivity contribution is 5.32. The van der Waals surface area contributed by atoms with Crippen molar-refractivity contribution in [1.29, 1.82) is 0 Å². The van der Waals surface area contributed by atoms with E-state index >= 15 is 0 Å². The van der Waals surface area contributed by atoms with E-state index in [1.165, 1.54) is 31.2 Å². The van der Waals surface area contributed by atoms with Gasteiger partial charge in [-0.2, -0.15) is 13.2 Å². The average Bonchev–Trinajstić information content (AvgIpc) is 2.24. The van der Waals surface area contributed by atoms with Crippen LogP contribution in [-0.4, -0.2) is 22.7 Å². The van der Waals surface area contributed by atoms with Gasteiger partial charge in [-0.25, -0.2) is 4.90 Å². The second-order valence-corrected chi connectivity index (χ2v) is 3.41. The van der Waals surface area contributed by atoms with Crippen LogP contribution in [0.1, 0.15) is 12.5 Å². The summed E-state index contributed by atoms with van der Waals surface area (Å²) in [4.78, 5) is 10.1. The second kappa shape index (κ2) is 5.13. The standard InChI is InChI=1S/C10H11F3N2O2/c1-2-14(10(11,12)13)7-8-3-5-9(6-4-8)15(16)17/h3-6H,2,7H2,1H3. The maximum atomic E-state index is 12.4. The van der Waals surface area contributed by atoms with Crippen molar-refractivity contribution < 1.29 is 18.1 Å². The molecular formula is C10H11F3N2O2. The predicted molar refractivity (Wildman–Crippen MR) is 55.2 cm³/mol. The second-order valence-electron chi connectivity index (χ2n) is 3.41. The SMILES string of the molecule is CCN(Cc1ccc([N+](=O)[O-])cc1)C(F)(F)F. The fourth-order valence-corrected chi connectivity index (χ4v) is 1.32. The van der Waals surface area contributed by atoms with Crippen LogP contribution in [0.2, 0.25) is 0 Å². The Balaban J connectivity index is 2.78. The molecule has 0 aliphatic rings. The summed E-state index contributed by atoms with van der Waals surface area (Å²) in [7, 11) is 0. The van der Waals surface area contributed by atoms with Crippen LogP contribution in [0.15, 0.2) is 24.3 Å². The molecule has 0 saturated carbocycles. The molecule has 0 radical (unpaired) electrons. The maximum Gasteiger partial charge on any atom is 0.460 e. The van der Waals surface area contributed by atoms with Gasteiger partial charge in [-0.15, -0.1) is 0 Å². The highest BCUT2D eigenvalue weighted by atomic mass is 19.4. The number of nitro groups is 1. The molecule has 94 valence electrons. The van der Waals surface area contributed by atoms with Crippen LogP contribution >= 0.6 is 0 Å². The van der Waals surface area contributed by atoms with Crippen molar-refractivity contribution in [3.63, 3.8) is 0 Å². The lowest BCUT2D eigenvalue weighted by Crippen LogP contribution is -2.37. The molecule has 0 aliphatic heterocycles. The van der Waals surface area contributed by atoms with Crippen molar-refractivity contribution in [3.05, 3.63) is 39.9 Å². The molecule has 0 atom stereocenters. The van der Waals surface area contributed by atoms with Crippen molar-refractivity contribution in [2.75, 3.05) is 6.54 Å². The first-order chi connectivity index (χ1) is 7.84. The molecule has 0 aliphatic carbocycles. The molecule has 0 fully saturated rings. The van der Waals surface area contributed by atoms with Crippen LogP contribution in [0, 0.1) is 10.1 Å². The van der Waals surface area contributed by atoms with Crippen LogP contribution in [0.5, 0.6) is 0 Å². The normalized spacial score (nSPS) is 11.8. The largest absolute Gasteiger partial charge is 0.460 e. The lowest BCUT2D eigenvalue weighted by molar-refractivity contribution is -0.384. The number of non-ortho nitro benzene ring substituents is 1. The topological polar surface area (TPSA) is 46.4 Å². The minimum Gasteiger partial charge on any atom is -0.258 e. The van der Waals surface area contributed by atoms with Gasteiger partial charge < -0.3 is 0 Å². The van der Waals surface area contributed by atoms with E-state index in [0.717, 1.165) is 0 Å². The van der Waals surface area contributed by atoms with Gasteiger partial charge in [0, 0.05) is 25.2 Å². The third-order valence-electron chi connectivity index (χ3n) is 2.26. The van der Waals surface area contributed by atoms with E-state index in [-0.39, 0.29) is 18.8 Å². The molecule has 0 bridgehead atoms. The third-order valence-corrected chi connectivity index (χ3v) is 2.26. The summed E-state index contributed by atoms with van der Waals surface area (Å²) in [6, 6.07) is 5.04. The highest BCUT2D eigenvalue weighted by Crippen LogP contribution is 2.23. The van der Waals surface area contributed by atoms with Gasteiger partial charge in [-0.3, -0.25) is 10.1 Å². The molecule has 0 saturated heterocycles. The van der Waals surface area contributed by atoms with Gasteiger partial charge in [-0.1, -0.05) is 19.1 Å². The summed E-state index contributed by atoms with van der Waals surface area (Å²) in [6.07, 6.45) is -4.39. The molecule has 1 rings (SSSR count). The Bertz CT molecular complexity index is 390. The Hall–Kier alpha value is -1.63. The van der Waals surface area contributed by atoms with Gasteiger partial charge in [0.25, 0.3) is 5.69 Å². The quantitative estimate of drug-likeness (QED) is 0.467. The molecule has 4 nitrogen and oxygen atoms in total. The summed E-state index contributed by atoms with van der Waals surface area (Å²) < 4.78 is 37.3. The Labute approximate surface area is 95.8 Å². The van der Waals surface area contributed by atoms with Crippen LogP contribution in [0.3, 0.4) is 0 Å². The predicted octanol–water partition coefficient (Wildman–Crippen LogP) is 2.94. The highest BCUT2D eigenvalue weighted by Gasteiger charge is 2.35. The smallest absolute Gasteiger partial charge is 0.258 e. The summed E-state index contributed by atoms with van der Waals surface area (Å²) >= 11 is 0. The van der Waals surface area contributed by atoms with Crippen LogP contribution < -0.4 is 0 Å². The van der Waals surface area contributed by atoms with E-state index in [1.807, 2.05) is 0 Å². The van der Waals surface area contributed by atoms with Gasteiger partial charge in [0.2, 0.25) is 0 Å². The van der Waals surface area contributed by atoms with Crippen LogP contribution in [0.4, 0.5) is 18.9 Å². The Morgan fingerprint density at radius 1 is 1.29 bits per heavy atom.